The molecule has 2 aromatic carbocycles. The van der Waals surface area contributed by atoms with E-state index in [9.17, 15) is 4.79 Å². The summed E-state index contributed by atoms with van der Waals surface area (Å²) in [5.74, 6) is 0.203. The van der Waals surface area contributed by atoms with E-state index < -0.39 is 17.9 Å². The van der Waals surface area contributed by atoms with Crippen molar-refractivity contribution in [2.45, 2.75) is 51.6 Å². The summed E-state index contributed by atoms with van der Waals surface area (Å²) < 4.78 is 27.1. The van der Waals surface area contributed by atoms with Crippen molar-refractivity contribution in [3.05, 3.63) is 82.7 Å². The second kappa shape index (κ2) is 10.6. The van der Waals surface area contributed by atoms with Gasteiger partial charge in [0.15, 0.2) is 0 Å². The summed E-state index contributed by atoms with van der Waals surface area (Å²) in [7, 11) is 0. The van der Waals surface area contributed by atoms with Gasteiger partial charge in [-0.1, -0.05) is 18.7 Å². The quantitative estimate of drug-likeness (QED) is 0.422. The predicted octanol–water partition coefficient (Wildman–Crippen LogP) is 5.86. The lowest BCUT2D eigenvalue weighted by molar-refractivity contribution is -0.137. The number of aliphatic carboxylic acids is 1. The summed E-state index contributed by atoms with van der Waals surface area (Å²) in [6, 6.07) is 9.40. The van der Waals surface area contributed by atoms with Gasteiger partial charge < -0.3 is 14.6 Å². The standard InChI is InChI=1S/C29H29FN4O4/c1-16-11-20(29-31-33-34-32-29)12-17(2)28(16)19-5-4-6-25(18(3)24(30)10-7-19)38-22-8-9-23-21(13-27(35)36)15-37-26(23)14-22/h7-12,14,21,25H,3-6,13,15H2,1-2H3,(H,35,36)(H,31,32,33,34)/b19-7+,24-10+/t21-,25-/m1/s1. The third-order valence-electron chi connectivity index (χ3n) is 7.06. The number of hydrogen-bond donors (Lipinski definition) is 2. The number of carbonyl (C=O) groups is 1. The van der Waals surface area contributed by atoms with Gasteiger partial charge in [0.05, 0.1) is 13.0 Å². The van der Waals surface area contributed by atoms with Crippen LogP contribution in [0.25, 0.3) is 17.0 Å². The van der Waals surface area contributed by atoms with E-state index in [1.54, 1.807) is 12.1 Å². The van der Waals surface area contributed by atoms with Crippen molar-refractivity contribution in [3.8, 4) is 22.9 Å². The number of carboxylic acid groups (broad SMARTS) is 1. The van der Waals surface area contributed by atoms with Crippen molar-refractivity contribution in [2.24, 2.45) is 0 Å². The third-order valence-corrected chi connectivity index (χ3v) is 7.06. The third kappa shape index (κ3) is 5.22. The lowest BCUT2D eigenvalue weighted by atomic mass is 9.90. The normalized spacial score (nSPS) is 22.1. The Morgan fingerprint density at radius 2 is 2.03 bits per heavy atom. The molecule has 0 saturated heterocycles. The zero-order valence-electron chi connectivity index (χ0n) is 21.3. The molecule has 0 saturated carbocycles. The summed E-state index contributed by atoms with van der Waals surface area (Å²) in [5.41, 5.74) is 6.23. The summed E-state index contributed by atoms with van der Waals surface area (Å²) >= 11 is 0. The maximum absolute atomic E-state index is 15.2. The Hall–Kier alpha value is -4.27. The number of H-pyrrole nitrogens is 1. The molecule has 0 fully saturated rings. The zero-order chi connectivity index (χ0) is 26.8. The molecule has 0 bridgehead atoms. The van der Waals surface area contributed by atoms with Crippen LogP contribution in [0.5, 0.6) is 11.5 Å². The first-order valence-electron chi connectivity index (χ1n) is 12.6. The van der Waals surface area contributed by atoms with Gasteiger partial charge >= 0.3 is 5.97 Å². The highest BCUT2D eigenvalue weighted by molar-refractivity contribution is 5.75. The number of halogens is 1. The van der Waals surface area contributed by atoms with Crippen LogP contribution in [0.3, 0.4) is 0 Å². The molecule has 0 spiro atoms. The zero-order valence-corrected chi connectivity index (χ0v) is 21.3. The second-order valence-electron chi connectivity index (χ2n) is 9.76. The van der Waals surface area contributed by atoms with Gasteiger partial charge in [-0.05, 0) is 84.9 Å². The van der Waals surface area contributed by atoms with Crippen molar-refractivity contribution < 1.29 is 23.8 Å². The number of aryl methyl sites for hydroxylation is 2. The van der Waals surface area contributed by atoms with Gasteiger partial charge in [-0.15, -0.1) is 10.2 Å². The number of tetrazole rings is 1. The first-order valence-corrected chi connectivity index (χ1v) is 12.6. The number of ether oxygens (including phenoxy) is 2. The number of nitrogens with one attached hydrogen (secondary N) is 1. The molecule has 0 amide bonds. The lowest BCUT2D eigenvalue weighted by Crippen LogP contribution is -2.19. The van der Waals surface area contributed by atoms with Crippen LogP contribution in [0, 0.1) is 13.8 Å². The Bertz CT molecular complexity index is 1420. The number of fused-ring (bicyclic) bond motifs is 1. The van der Waals surface area contributed by atoms with E-state index in [-0.39, 0.29) is 17.9 Å². The Labute approximate surface area is 219 Å². The molecule has 2 aliphatic rings. The molecule has 2 atom stereocenters. The molecule has 1 aliphatic heterocycles. The Kier molecular flexibility index (Phi) is 7.09. The largest absolute Gasteiger partial charge is 0.492 e. The number of carboxylic acids is 1. The first kappa shape index (κ1) is 25.4. The molecule has 2 N–H and O–H groups in total. The van der Waals surface area contributed by atoms with Gasteiger partial charge in [-0.2, -0.15) is 5.21 Å². The maximum atomic E-state index is 15.2. The molecule has 0 unspecified atom stereocenters. The van der Waals surface area contributed by atoms with Gasteiger partial charge in [0.25, 0.3) is 0 Å². The lowest BCUT2D eigenvalue weighted by Gasteiger charge is -2.21. The van der Waals surface area contributed by atoms with E-state index in [4.69, 9.17) is 14.6 Å². The molecule has 3 aromatic rings. The molecule has 1 aromatic heterocycles. The average molecular weight is 517 g/mol. The SMILES string of the molecule is C=C1/C(F)=C\C=C(\c2c(C)cc(-c3nn[nH]n3)cc2C)CCC[C@H]1Oc1ccc2c(c1)OC[C@H]2CC(=O)O. The van der Waals surface area contributed by atoms with Gasteiger partial charge in [-0.3, -0.25) is 4.79 Å². The van der Waals surface area contributed by atoms with Crippen LogP contribution in [-0.2, 0) is 4.79 Å². The summed E-state index contributed by atoms with van der Waals surface area (Å²) in [4.78, 5) is 11.1. The van der Waals surface area contributed by atoms with Crippen LogP contribution in [0.1, 0.15) is 53.9 Å². The molecule has 196 valence electrons. The number of benzene rings is 2. The first-order chi connectivity index (χ1) is 18.3. The fourth-order valence-electron chi connectivity index (χ4n) is 5.27. The van der Waals surface area contributed by atoms with E-state index in [1.807, 2.05) is 38.1 Å². The molecule has 5 rings (SSSR count). The van der Waals surface area contributed by atoms with E-state index in [0.29, 0.717) is 30.4 Å². The van der Waals surface area contributed by atoms with Gasteiger partial charge in [0, 0.05) is 28.7 Å². The number of hydrogen-bond acceptors (Lipinski definition) is 6. The van der Waals surface area contributed by atoms with E-state index in [1.165, 1.54) is 6.08 Å². The molecular formula is C29H29FN4O4. The van der Waals surface area contributed by atoms with Gasteiger partial charge in [-0.25, -0.2) is 4.39 Å². The van der Waals surface area contributed by atoms with Crippen LogP contribution < -0.4 is 9.47 Å². The average Bonchev–Trinajstić information content (AvgIpc) is 3.55. The summed E-state index contributed by atoms with van der Waals surface area (Å²) in [6.07, 6.45) is 4.85. The monoisotopic (exact) mass is 516 g/mol. The highest BCUT2D eigenvalue weighted by Crippen LogP contribution is 2.39. The van der Waals surface area contributed by atoms with Crippen molar-refractivity contribution >= 4 is 11.5 Å². The van der Waals surface area contributed by atoms with E-state index >= 15 is 4.39 Å². The molecule has 2 heterocycles. The second-order valence-corrected chi connectivity index (χ2v) is 9.76. The van der Waals surface area contributed by atoms with Crippen molar-refractivity contribution in [2.75, 3.05) is 6.61 Å². The highest BCUT2D eigenvalue weighted by Gasteiger charge is 2.28. The Morgan fingerprint density at radius 1 is 1.24 bits per heavy atom. The van der Waals surface area contributed by atoms with Crippen LogP contribution >= 0.6 is 0 Å². The highest BCUT2D eigenvalue weighted by atomic mass is 19.1. The summed E-state index contributed by atoms with van der Waals surface area (Å²) in [6.45, 7) is 8.37. The van der Waals surface area contributed by atoms with E-state index in [0.717, 1.165) is 46.2 Å². The molecule has 0 radical (unpaired) electrons. The van der Waals surface area contributed by atoms with E-state index in [2.05, 4.69) is 27.2 Å². The van der Waals surface area contributed by atoms with Crippen LogP contribution in [0.4, 0.5) is 4.39 Å². The fraction of sp³-hybridized carbons (Fsp3) is 0.310. The number of aromatic nitrogens is 4. The number of rotatable bonds is 6. The number of aromatic amines is 1. The van der Waals surface area contributed by atoms with Crippen LogP contribution in [0.2, 0.25) is 0 Å². The topological polar surface area (TPSA) is 110 Å². The minimum atomic E-state index is -0.864. The molecular weight excluding hydrogens is 487 g/mol. The Balaban J connectivity index is 1.33. The van der Waals surface area contributed by atoms with Crippen LogP contribution in [-0.4, -0.2) is 44.4 Å². The predicted molar refractivity (Wildman–Crippen MR) is 141 cm³/mol. The minimum Gasteiger partial charge on any atom is -0.492 e. The maximum Gasteiger partial charge on any atom is 0.304 e. The van der Waals surface area contributed by atoms with Crippen molar-refractivity contribution in [3.63, 3.8) is 0 Å². The molecule has 38 heavy (non-hydrogen) atoms. The van der Waals surface area contributed by atoms with Gasteiger partial charge in [0.1, 0.15) is 23.4 Å². The minimum absolute atomic E-state index is 0.0107. The smallest absolute Gasteiger partial charge is 0.304 e. The Morgan fingerprint density at radius 3 is 2.74 bits per heavy atom. The molecule has 9 heteroatoms. The molecule has 8 nitrogen and oxygen atoms in total. The fourth-order valence-corrected chi connectivity index (χ4v) is 5.27. The summed E-state index contributed by atoms with van der Waals surface area (Å²) in [5, 5.41) is 23.4. The van der Waals surface area contributed by atoms with Gasteiger partial charge in [0.2, 0.25) is 5.82 Å². The number of allylic oxidation sites excluding steroid dienone is 3. The van der Waals surface area contributed by atoms with Crippen molar-refractivity contribution in [1.29, 1.82) is 0 Å². The molecule has 1 aliphatic carbocycles. The number of nitrogens with zero attached hydrogens (tertiary/aromatic N) is 3. The van der Waals surface area contributed by atoms with Crippen molar-refractivity contribution in [1.82, 2.24) is 20.6 Å². The van der Waals surface area contributed by atoms with Crippen LogP contribution in [0.15, 0.2) is 60.5 Å².